The molecule has 41 heavy (non-hydrogen) atoms. The van der Waals surface area contributed by atoms with Gasteiger partial charge in [0.1, 0.15) is 5.56 Å². The van der Waals surface area contributed by atoms with Crippen molar-refractivity contribution in [3.8, 4) is 5.69 Å². The van der Waals surface area contributed by atoms with Crippen LogP contribution in [0.25, 0.3) is 5.69 Å². The average Bonchev–Trinajstić information content (AvgIpc) is 3.83. The first kappa shape index (κ1) is 28.6. The van der Waals surface area contributed by atoms with Crippen LogP contribution in [0.15, 0.2) is 105 Å². The standard InChI is InChI=1S/C28H22F3N3O5S2/c29-28(30,31)18-5-4-6-20(13-18)34-17-22(40(37)21-7-2-1-3-8-21)14-25(27(34)36)26(35)33-15-19-9-10-24(16-32-19)41(38,39)23-11-12-23/h1-10,13-14,16-17,23H,11-12,15H2,(H,33,35). The quantitative estimate of drug-likeness (QED) is 0.301. The van der Waals surface area contributed by atoms with Crippen LogP contribution in [0.1, 0.15) is 34.5 Å². The first-order valence-corrected chi connectivity index (χ1v) is 15.0. The third-order valence-electron chi connectivity index (χ3n) is 6.38. The van der Waals surface area contributed by atoms with Gasteiger partial charge in [0.15, 0.2) is 19.6 Å². The molecule has 0 saturated heterocycles. The molecule has 1 atom stereocenters. The third-order valence-corrected chi connectivity index (χ3v) is 9.98. The Morgan fingerprint density at radius 1 is 1.02 bits per heavy atom. The summed E-state index contributed by atoms with van der Waals surface area (Å²) in [5, 5.41) is 2.13. The summed E-state index contributed by atoms with van der Waals surface area (Å²) in [5.74, 6) is -0.876. The van der Waals surface area contributed by atoms with Crippen LogP contribution in [-0.4, -0.2) is 33.7 Å². The zero-order valence-electron chi connectivity index (χ0n) is 21.2. The number of alkyl halides is 3. The van der Waals surface area contributed by atoms with Gasteiger partial charge in [-0.15, -0.1) is 0 Å². The number of amides is 1. The van der Waals surface area contributed by atoms with Crippen molar-refractivity contribution in [2.24, 2.45) is 0 Å². The number of carbonyl (C=O) groups excluding carboxylic acids is 1. The second-order valence-corrected chi connectivity index (χ2v) is 13.0. The minimum absolute atomic E-state index is 0.0196. The topological polar surface area (TPSA) is 121 Å². The van der Waals surface area contributed by atoms with Gasteiger partial charge < -0.3 is 9.87 Å². The molecule has 13 heteroatoms. The molecule has 1 fully saturated rings. The van der Waals surface area contributed by atoms with Gasteiger partial charge in [-0.2, -0.15) is 13.2 Å². The van der Waals surface area contributed by atoms with E-state index >= 15 is 0 Å². The molecule has 0 radical (unpaired) electrons. The van der Waals surface area contributed by atoms with Crippen LogP contribution in [0.5, 0.6) is 0 Å². The van der Waals surface area contributed by atoms with Gasteiger partial charge in [0.05, 0.1) is 34.1 Å². The minimum Gasteiger partial charge on any atom is -0.606 e. The second kappa shape index (κ2) is 11.1. The van der Waals surface area contributed by atoms with Gasteiger partial charge in [0.25, 0.3) is 11.5 Å². The summed E-state index contributed by atoms with van der Waals surface area (Å²) < 4.78 is 79.0. The van der Waals surface area contributed by atoms with Crippen molar-refractivity contribution >= 4 is 26.9 Å². The van der Waals surface area contributed by atoms with Crippen LogP contribution in [0.4, 0.5) is 13.2 Å². The number of hydrogen-bond donors (Lipinski definition) is 1. The summed E-state index contributed by atoms with van der Waals surface area (Å²) >= 11 is -1.87. The number of pyridine rings is 2. The Kier molecular flexibility index (Phi) is 7.77. The maximum atomic E-state index is 13.4. The largest absolute Gasteiger partial charge is 0.606 e. The molecule has 5 rings (SSSR count). The van der Waals surface area contributed by atoms with Crippen molar-refractivity contribution in [1.29, 1.82) is 0 Å². The predicted octanol–water partition coefficient (Wildman–Crippen LogP) is 4.28. The van der Waals surface area contributed by atoms with E-state index in [0.29, 0.717) is 23.4 Å². The molecule has 1 amide bonds. The highest BCUT2D eigenvalue weighted by molar-refractivity contribution is 7.92. The number of sulfone groups is 1. The normalized spacial score (nSPS) is 14.4. The Labute approximate surface area is 236 Å². The van der Waals surface area contributed by atoms with E-state index in [9.17, 15) is 35.7 Å². The zero-order valence-corrected chi connectivity index (χ0v) is 22.8. The van der Waals surface area contributed by atoms with Crippen LogP contribution in [0, 0.1) is 0 Å². The molecule has 1 unspecified atom stereocenters. The van der Waals surface area contributed by atoms with Gasteiger partial charge in [0, 0.05) is 29.1 Å². The predicted molar refractivity (Wildman–Crippen MR) is 144 cm³/mol. The number of hydrogen-bond acceptors (Lipinski definition) is 6. The van der Waals surface area contributed by atoms with Gasteiger partial charge in [-0.05, 0) is 55.3 Å². The summed E-state index contributed by atoms with van der Waals surface area (Å²) in [5.41, 5.74) is -2.22. The molecule has 1 N–H and O–H groups in total. The number of aromatic nitrogens is 2. The first-order valence-electron chi connectivity index (χ1n) is 12.3. The molecule has 8 nitrogen and oxygen atoms in total. The molecule has 1 saturated carbocycles. The van der Waals surface area contributed by atoms with Crippen molar-refractivity contribution in [3.63, 3.8) is 0 Å². The molecule has 1 aliphatic carbocycles. The maximum absolute atomic E-state index is 13.4. The Balaban J connectivity index is 1.47. The fourth-order valence-corrected chi connectivity index (χ4v) is 6.75. The second-order valence-electron chi connectivity index (χ2n) is 9.31. The molecule has 2 aromatic heterocycles. The molecular weight excluding hydrogens is 579 g/mol. The Morgan fingerprint density at radius 2 is 1.76 bits per heavy atom. The smallest absolute Gasteiger partial charge is 0.416 e. The summed E-state index contributed by atoms with van der Waals surface area (Å²) in [4.78, 5) is 31.1. The molecule has 0 bridgehead atoms. The average molecular weight is 602 g/mol. The lowest BCUT2D eigenvalue weighted by atomic mass is 10.2. The van der Waals surface area contributed by atoms with E-state index in [-0.39, 0.29) is 22.0 Å². The van der Waals surface area contributed by atoms with Crippen LogP contribution in [0.3, 0.4) is 0 Å². The van der Waals surface area contributed by atoms with Crippen molar-refractivity contribution < 1.29 is 30.9 Å². The van der Waals surface area contributed by atoms with Crippen LogP contribution in [0.2, 0.25) is 0 Å². The van der Waals surface area contributed by atoms with E-state index < -0.39 is 55.0 Å². The Bertz CT molecular complexity index is 1760. The zero-order chi connectivity index (χ0) is 29.4. The molecule has 0 spiro atoms. The number of nitrogens with one attached hydrogen (secondary N) is 1. The van der Waals surface area contributed by atoms with Gasteiger partial charge in [-0.25, -0.2) is 8.42 Å². The number of rotatable bonds is 8. The molecule has 2 aromatic carbocycles. The van der Waals surface area contributed by atoms with E-state index in [1.807, 2.05) is 0 Å². The lowest BCUT2D eigenvalue weighted by molar-refractivity contribution is -0.137. The molecule has 1 aliphatic rings. The summed E-state index contributed by atoms with van der Waals surface area (Å²) in [6.07, 6.45) is -1.11. The maximum Gasteiger partial charge on any atom is 0.416 e. The van der Waals surface area contributed by atoms with Gasteiger partial charge in [0.2, 0.25) is 0 Å². The third kappa shape index (κ3) is 6.21. The number of benzene rings is 2. The lowest BCUT2D eigenvalue weighted by Crippen LogP contribution is -2.33. The monoisotopic (exact) mass is 601 g/mol. The highest BCUT2D eigenvalue weighted by Gasteiger charge is 2.37. The Hall–Kier alpha value is -3.94. The van der Waals surface area contributed by atoms with E-state index in [0.717, 1.165) is 35.0 Å². The van der Waals surface area contributed by atoms with Crippen molar-refractivity contribution in [3.05, 3.63) is 112 Å². The summed E-state index contributed by atoms with van der Waals surface area (Å²) in [6, 6.07) is 16.2. The van der Waals surface area contributed by atoms with Crippen LogP contribution in [-0.2, 0) is 33.7 Å². The molecule has 212 valence electrons. The van der Waals surface area contributed by atoms with Crippen LogP contribution >= 0.6 is 0 Å². The number of halogens is 3. The minimum atomic E-state index is -4.68. The molecule has 4 aromatic rings. The fourth-order valence-electron chi connectivity index (χ4n) is 4.05. The molecular formula is C28H22F3N3O5S2. The number of nitrogens with zero attached hydrogens (tertiary/aromatic N) is 2. The van der Waals surface area contributed by atoms with Gasteiger partial charge >= 0.3 is 6.18 Å². The lowest BCUT2D eigenvalue weighted by Gasteiger charge is -2.15. The highest BCUT2D eigenvalue weighted by atomic mass is 32.2. The van der Waals surface area contributed by atoms with Crippen molar-refractivity contribution in [2.45, 2.75) is 45.5 Å². The SMILES string of the molecule is O=C(NCc1ccc(S(=O)(=O)C2CC2)cn1)c1cc([S+]([O-])c2ccccc2)cn(-c2cccc(C(F)(F)F)c2)c1=O. The van der Waals surface area contributed by atoms with Crippen molar-refractivity contribution in [2.75, 3.05) is 0 Å². The Morgan fingerprint density at radius 3 is 2.39 bits per heavy atom. The molecule has 2 heterocycles. The van der Waals surface area contributed by atoms with E-state index in [2.05, 4.69) is 10.3 Å². The number of carbonyl (C=O) groups is 1. The highest BCUT2D eigenvalue weighted by Crippen LogP contribution is 2.33. The van der Waals surface area contributed by atoms with E-state index in [1.54, 1.807) is 30.3 Å². The summed E-state index contributed by atoms with van der Waals surface area (Å²) in [7, 11) is -3.43. The van der Waals surface area contributed by atoms with Crippen molar-refractivity contribution in [1.82, 2.24) is 14.9 Å². The van der Waals surface area contributed by atoms with Gasteiger partial charge in [-0.1, -0.05) is 24.3 Å². The summed E-state index contributed by atoms with van der Waals surface area (Å²) in [6.45, 7) is -0.169. The fraction of sp³-hybridized carbons (Fsp3) is 0.179. The van der Waals surface area contributed by atoms with Crippen LogP contribution < -0.4 is 10.9 Å². The van der Waals surface area contributed by atoms with Gasteiger partial charge in [-0.3, -0.25) is 19.1 Å². The molecule has 0 aliphatic heterocycles. The van der Waals surface area contributed by atoms with E-state index in [1.165, 1.54) is 24.4 Å². The first-order chi connectivity index (χ1) is 19.4. The van der Waals surface area contributed by atoms with E-state index in [4.69, 9.17) is 0 Å².